The third-order valence-corrected chi connectivity index (χ3v) is 4.00. The molecular weight excluding hydrogens is 310 g/mol. The number of morpholine rings is 1. The molecule has 1 aliphatic heterocycles. The molecule has 130 valence electrons. The van der Waals surface area contributed by atoms with Crippen molar-refractivity contribution in [3.63, 3.8) is 0 Å². The van der Waals surface area contributed by atoms with Gasteiger partial charge in [0, 0.05) is 18.4 Å². The number of aromatic nitrogens is 4. The third kappa shape index (κ3) is 3.19. The molecule has 8 heteroatoms. The van der Waals surface area contributed by atoms with Gasteiger partial charge in [-0.15, -0.1) is 0 Å². The number of hydrogen-bond donors (Lipinski definition) is 1. The maximum atomic E-state index is 12.7. The van der Waals surface area contributed by atoms with Crippen LogP contribution in [-0.2, 0) is 16.6 Å². The van der Waals surface area contributed by atoms with Gasteiger partial charge in [-0.05, 0) is 0 Å². The van der Waals surface area contributed by atoms with Gasteiger partial charge in [0.25, 0.3) is 5.91 Å². The molecule has 1 atom stereocenters. The lowest BCUT2D eigenvalue weighted by atomic mass is 9.96. The zero-order valence-electron chi connectivity index (χ0n) is 14.5. The number of amides is 1. The number of nitrogens with zero attached hydrogens (tertiary/aromatic N) is 4. The molecule has 0 spiro atoms. The standard InChI is InChI=1S/C16H23N5O3/c1-5-10-12(17-9-24-10)14(22)21-6-7-23-11(8-21)13-18-15(20-19-13)16(2,3)4/h9,11H,5-8H2,1-4H3,(H,18,19,20)/t11-/m0/s1. The summed E-state index contributed by atoms with van der Waals surface area (Å²) >= 11 is 0. The van der Waals surface area contributed by atoms with E-state index in [-0.39, 0.29) is 17.4 Å². The Kier molecular flexibility index (Phi) is 4.40. The van der Waals surface area contributed by atoms with Gasteiger partial charge in [0.05, 0.1) is 13.2 Å². The van der Waals surface area contributed by atoms with Gasteiger partial charge in [0.2, 0.25) is 0 Å². The fraction of sp³-hybridized carbons (Fsp3) is 0.625. The van der Waals surface area contributed by atoms with Crippen molar-refractivity contribution in [2.24, 2.45) is 0 Å². The van der Waals surface area contributed by atoms with Crippen LogP contribution in [0.1, 0.15) is 61.7 Å². The van der Waals surface area contributed by atoms with Crippen molar-refractivity contribution in [3.8, 4) is 0 Å². The number of nitrogens with one attached hydrogen (secondary N) is 1. The molecule has 0 unspecified atom stereocenters. The lowest BCUT2D eigenvalue weighted by molar-refractivity contribution is -0.0269. The predicted octanol–water partition coefficient (Wildman–Crippen LogP) is 1.87. The highest BCUT2D eigenvalue weighted by Crippen LogP contribution is 2.24. The zero-order chi connectivity index (χ0) is 17.3. The first kappa shape index (κ1) is 16.6. The average Bonchev–Trinajstić information content (AvgIpc) is 3.22. The molecule has 0 aliphatic carbocycles. The number of aromatic amines is 1. The van der Waals surface area contributed by atoms with Crippen molar-refractivity contribution >= 4 is 5.91 Å². The summed E-state index contributed by atoms with van der Waals surface area (Å²) in [4.78, 5) is 23.0. The van der Waals surface area contributed by atoms with Crippen LogP contribution in [0.5, 0.6) is 0 Å². The monoisotopic (exact) mass is 333 g/mol. The van der Waals surface area contributed by atoms with Crippen LogP contribution in [0, 0.1) is 0 Å². The minimum absolute atomic E-state index is 0.135. The van der Waals surface area contributed by atoms with E-state index in [0.29, 0.717) is 43.4 Å². The second-order valence-corrected chi connectivity index (χ2v) is 6.88. The van der Waals surface area contributed by atoms with Gasteiger partial charge in [-0.3, -0.25) is 9.89 Å². The molecule has 3 rings (SSSR count). The van der Waals surface area contributed by atoms with Crippen LogP contribution in [0.25, 0.3) is 0 Å². The first-order chi connectivity index (χ1) is 11.4. The minimum atomic E-state index is -0.316. The van der Waals surface area contributed by atoms with Crippen molar-refractivity contribution in [1.29, 1.82) is 0 Å². The summed E-state index contributed by atoms with van der Waals surface area (Å²) in [5, 5.41) is 7.20. The van der Waals surface area contributed by atoms with Crippen LogP contribution in [0.15, 0.2) is 10.8 Å². The minimum Gasteiger partial charge on any atom is -0.448 e. The van der Waals surface area contributed by atoms with E-state index in [1.54, 1.807) is 4.90 Å². The number of H-pyrrole nitrogens is 1. The van der Waals surface area contributed by atoms with E-state index in [4.69, 9.17) is 9.15 Å². The van der Waals surface area contributed by atoms with Gasteiger partial charge in [-0.25, -0.2) is 9.97 Å². The number of hydrogen-bond acceptors (Lipinski definition) is 6. The zero-order valence-corrected chi connectivity index (χ0v) is 14.5. The third-order valence-electron chi connectivity index (χ3n) is 4.00. The van der Waals surface area contributed by atoms with Crippen LogP contribution in [0.2, 0.25) is 0 Å². The molecular formula is C16H23N5O3. The van der Waals surface area contributed by atoms with Gasteiger partial charge in [-0.1, -0.05) is 27.7 Å². The Morgan fingerprint density at radius 3 is 2.92 bits per heavy atom. The van der Waals surface area contributed by atoms with E-state index in [9.17, 15) is 4.79 Å². The largest absolute Gasteiger partial charge is 0.448 e. The Morgan fingerprint density at radius 1 is 1.46 bits per heavy atom. The van der Waals surface area contributed by atoms with E-state index in [2.05, 4.69) is 20.2 Å². The molecule has 1 aliphatic rings. The molecule has 1 amide bonds. The Bertz CT molecular complexity index is 715. The summed E-state index contributed by atoms with van der Waals surface area (Å²) in [7, 11) is 0. The molecule has 0 aromatic carbocycles. The van der Waals surface area contributed by atoms with Gasteiger partial charge in [0.15, 0.2) is 23.7 Å². The lowest BCUT2D eigenvalue weighted by Crippen LogP contribution is -2.43. The molecule has 8 nitrogen and oxygen atoms in total. The Morgan fingerprint density at radius 2 is 2.25 bits per heavy atom. The summed E-state index contributed by atoms with van der Waals surface area (Å²) in [5.41, 5.74) is 0.237. The Hall–Kier alpha value is -2.22. The van der Waals surface area contributed by atoms with E-state index in [1.165, 1.54) is 6.39 Å². The van der Waals surface area contributed by atoms with Crippen molar-refractivity contribution in [2.75, 3.05) is 19.7 Å². The highest BCUT2D eigenvalue weighted by molar-refractivity contribution is 5.93. The fourth-order valence-electron chi connectivity index (χ4n) is 2.60. The topological polar surface area (TPSA) is 97.1 Å². The molecule has 24 heavy (non-hydrogen) atoms. The highest BCUT2D eigenvalue weighted by Gasteiger charge is 2.31. The number of aryl methyl sites for hydroxylation is 1. The number of rotatable bonds is 3. The van der Waals surface area contributed by atoms with Crippen LogP contribution < -0.4 is 0 Å². The molecule has 3 heterocycles. The summed E-state index contributed by atoms with van der Waals surface area (Å²) < 4.78 is 11.0. The molecule has 2 aromatic heterocycles. The number of ether oxygens (including phenoxy) is 1. The molecule has 0 saturated carbocycles. The summed E-state index contributed by atoms with van der Waals surface area (Å²) in [6, 6.07) is 0. The highest BCUT2D eigenvalue weighted by atomic mass is 16.5. The predicted molar refractivity (Wildman–Crippen MR) is 85.6 cm³/mol. The van der Waals surface area contributed by atoms with Gasteiger partial charge in [-0.2, -0.15) is 5.10 Å². The molecule has 1 N–H and O–H groups in total. The van der Waals surface area contributed by atoms with Gasteiger partial charge < -0.3 is 14.1 Å². The smallest absolute Gasteiger partial charge is 0.276 e. The van der Waals surface area contributed by atoms with Crippen molar-refractivity contribution < 1.29 is 13.9 Å². The quantitative estimate of drug-likeness (QED) is 0.921. The molecule has 0 radical (unpaired) electrons. The van der Waals surface area contributed by atoms with E-state index in [1.807, 2.05) is 27.7 Å². The SMILES string of the molecule is CCc1ocnc1C(=O)N1CCO[C@H](c2nc(C(C)(C)C)n[nH]2)C1. The van der Waals surface area contributed by atoms with E-state index >= 15 is 0 Å². The molecule has 1 fully saturated rings. The second kappa shape index (κ2) is 6.35. The summed E-state index contributed by atoms with van der Waals surface area (Å²) in [6.07, 6.45) is 1.63. The van der Waals surface area contributed by atoms with Crippen LogP contribution >= 0.6 is 0 Å². The Labute approximate surface area is 140 Å². The van der Waals surface area contributed by atoms with Crippen molar-refractivity contribution in [2.45, 2.75) is 45.6 Å². The maximum Gasteiger partial charge on any atom is 0.276 e. The lowest BCUT2D eigenvalue weighted by Gasteiger charge is -2.31. The van der Waals surface area contributed by atoms with Gasteiger partial charge >= 0.3 is 0 Å². The number of carbonyl (C=O) groups is 1. The average molecular weight is 333 g/mol. The molecule has 1 saturated heterocycles. The van der Waals surface area contributed by atoms with E-state index < -0.39 is 0 Å². The van der Waals surface area contributed by atoms with Crippen LogP contribution in [-0.4, -0.2) is 50.7 Å². The maximum absolute atomic E-state index is 12.7. The number of oxazole rings is 1. The normalized spacial score (nSPS) is 18.8. The van der Waals surface area contributed by atoms with Crippen LogP contribution in [0.4, 0.5) is 0 Å². The Balaban J connectivity index is 1.75. The van der Waals surface area contributed by atoms with Crippen molar-refractivity contribution in [3.05, 3.63) is 29.5 Å². The number of carbonyl (C=O) groups excluding carboxylic acids is 1. The first-order valence-corrected chi connectivity index (χ1v) is 8.16. The van der Waals surface area contributed by atoms with Gasteiger partial charge in [0.1, 0.15) is 11.9 Å². The molecule has 0 bridgehead atoms. The second-order valence-electron chi connectivity index (χ2n) is 6.88. The van der Waals surface area contributed by atoms with Crippen LogP contribution in [0.3, 0.4) is 0 Å². The summed E-state index contributed by atoms with van der Waals surface area (Å²) in [6.45, 7) is 9.46. The van der Waals surface area contributed by atoms with Crippen molar-refractivity contribution in [1.82, 2.24) is 25.1 Å². The van der Waals surface area contributed by atoms with E-state index in [0.717, 1.165) is 5.82 Å². The first-order valence-electron chi connectivity index (χ1n) is 8.16. The molecule has 2 aromatic rings. The summed E-state index contributed by atoms with van der Waals surface area (Å²) in [5.74, 6) is 1.85. The fourth-order valence-corrected chi connectivity index (χ4v) is 2.60.